The summed E-state index contributed by atoms with van der Waals surface area (Å²) in [4.78, 5) is 17.4. The number of benzene rings is 1. The Morgan fingerprint density at radius 3 is 2.96 bits per heavy atom. The highest BCUT2D eigenvalue weighted by atomic mass is 32.1. The molecule has 27 heavy (non-hydrogen) atoms. The highest BCUT2D eigenvalue weighted by Crippen LogP contribution is 2.33. The Labute approximate surface area is 159 Å². The first-order valence-corrected chi connectivity index (χ1v) is 9.56. The van der Waals surface area contributed by atoms with Gasteiger partial charge in [0.05, 0.1) is 22.7 Å². The number of alkyl halides is 1. The third kappa shape index (κ3) is 3.42. The molecule has 1 fully saturated rings. The highest BCUT2D eigenvalue weighted by molar-refractivity contribution is 7.19. The van der Waals surface area contributed by atoms with Crippen molar-refractivity contribution < 1.29 is 13.9 Å². The van der Waals surface area contributed by atoms with Crippen molar-refractivity contribution >= 4 is 33.3 Å². The van der Waals surface area contributed by atoms with Crippen molar-refractivity contribution in [3.05, 3.63) is 35.7 Å². The fourth-order valence-corrected chi connectivity index (χ4v) is 3.90. The third-order valence-electron chi connectivity index (χ3n) is 4.86. The number of anilines is 1. The summed E-state index contributed by atoms with van der Waals surface area (Å²) >= 11 is 1.31. The van der Waals surface area contributed by atoms with Crippen LogP contribution in [0.3, 0.4) is 0 Å². The Hall–Kier alpha value is -2.45. The van der Waals surface area contributed by atoms with Gasteiger partial charge in [-0.15, -0.1) is 0 Å². The number of ether oxygens (including phenoxy) is 1. The van der Waals surface area contributed by atoms with Gasteiger partial charge in [-0.05, 0) is 49.9 Å². The minimum atomic E-state index is -1.99. The minimum Gasteiger partial charge on any atom is -0.378 e. The van der Waals surface area contributed by atoms with Crippen molar-refractivity contribution in [1.82, 2.24) is 15.2 Å². The topological polar surface area (TPSA) is 77.0 Å². The molecule has 1 aliphatic rings. The van der Waals surface area contributed by atoms with Gasteiger partial charge >= 0.3 is 0 Å². The van der Waals surface area contributed by atoms with Gasteiger partial charge in [0.25, 0.3) is 5.91 Å². The van der Waals surface area contributed by atoms with E-state index in [4.69, 9.17) is 4.74 Å². The number of thiazole rings is 1. The fraction of sp³-hybridized carbons (Fsp3) is 0.368. The number of hydrogen-bond acceptors (Lipinski definition) is 6. The van der Waals surface area contributed by atoms with E-state index in [-0.39, 0.29) is 13.0 Å². The molecule has 0 spiro atoms. The van der Waals surface area contributed by atoms with Crippen LogP contribution in [0.2, 0.25) is 0 Å². The highest BCUT2D eigenvalue weighted by Gasteiger charge is 2.41. The molecule has 3 heterocycles. The standard InChI is InChI=1S/C19H19FN4O2S/c1-11-12(2)23-24-15-5-4-13(8-14(11)15)16-9-21-18(27-16)22-17(25)19(20)6-3-7-26-10-19/h4-5,8-9H,3,6-7,10H2,1-2H3,(H,21,22,25). The molecule has 1 saturated heterocycles. The first-order valence-electron chi connectivity index (χ1n) is 8.74. The molecule has 1 aromatic carbocycles. The number of aromatic nitrogens is 3. The van der Waals surface area contributed by atoms with Gasteiger partial charge < -0.3 is 4.74 Å². The maximum Gasteiger partial charge on any atom is 0.266 e. The zero-order valence-electron chi connectivity index (χ0n) is 15.1. The summed E-state index contributed by atoms with van der Waals surface area (Å²) in [6.07, 6.45) is 2.38. The van der Waals surface area contributed by atoms with E-state index in [1.54, 1.807) is 6.20 Å². The normalized spacial score (nSPS) is 20.0. The zero-order valence-corrected chi connectivity index (χ0v) is 15.9. The van der Waals surface area contributed by atoms with Crippen LogP contribution in [-0.2, 0) is 9.53 Å². The van der Waals surface area contributed by atoms with Gasteiger partial charge in [0.15, 0.2) is 5.13 Å². The quantitative estimate of drug-likeness (QED) is 0.740. The first kappa shape index (κ1) is 17.9. The first-order chi connectivity index (χ1) is 13.0. The Kier molecular flexibility index (Phi) is 4.61. The molecule has 1 atom stereocenters. The molecule has 0 bridgehead atoms. The van der Waals surface area contributed by atoms with Crippen LogP contribution in [0.15, 0.2) is 24.4 Å². The largest absolute Gasteiger partial charge is 0.378 e. The molecule has 6 nitrogen and oxygen atoms in total. The number of rotatable bonds is 3. The van der Waals surface area contributed by atoms with E-state index in [1.165, 1.54) is 11.3 Å². The van der Waals surface area contributed by atoms with E-state index in [0.29, 0.717) is 18.2 Å². The van der Waals surface area contributed by atoms with Crippen molar-refractivity contribution in [2.45, 2.75) is 32.4 Å². The number of amides is 1. The Morgan fingerprint density at radius 2 is 2.19 bits per heavy atom. The van der Waals surface area contributed by atoms with Crippen molar-refractivity contribution in [2.24, 2.45) is 0 Å². The summed E-state index contributed by atoms with van der Waals surface area (Å²) in [5.41, 5.74) is 1.78. The van der Waals surface area contributed by atoms with E-state index in [2.05, 4.69) is 20.5 Å². The van der Waals surface area contributed by atoms with Crippen LogP contribution in [0.1, 0.15) is 24.1 Å². The van der Waals surface area contributed by atoms with Gasteiger partial charge in [-0.25, -0.2) is 9.37 Å². The van der Waals surface area contributed by atoms with E-state index < -0.39 is 11.6 Å². The molecule has 1 unspecified atom stereocenters. The number of fused-ring (bicyclic) bond motifs is 1. The van der Waals surface area contributed by atoms with Gasteiger partial charge in [0.1, 0.15) is 0 Å². The van der Waals surface area contributed by atoms with Crippen LogP contribution in [-0.4, -0.2) is 40.0 Å². The second kappa shape index (κ2) is 6.94. The van der Waals surface area contributed by atoms with Gasteiger partial charge in [0.2, 0.25) is 5.67 Å². The van der Waals surface area contributed by atoms with Crippen LogP contribution >= 0.6 is 11.3 Å². The van der Waals surface area contributed by atoms with E-state index in [9.17, 15) is 9.18 Å². The molecule has 0 saturated carbocycles. The number of halogens is 1. The van der Waals surface area contributed by atoms with Crippen LogP contribution in [0, 0.1) is 13.8 Å². The Morgan fingerprint density at radius 1 is 1.33 bits per heavy atom. The SMILES string of the molecule is Cc1nnc2ccc(-c3cnc(NC(=O)C4(F)CCCOC4)s3)cc2c1C. The second-order valence-electron chi connectivity index (χ2n) is 6.75. The number of hydrogen-bond donors (Lipinski definition) is 1. The fourth-order valence-electron chi connectivity index (χ4n) is 3.09. The van der Waals surface area contributed by atoms with Crippen molar-refractivity contribution in [3.8, 4) is 10.4 Å². The third-order valence-corrected chi connectivity index (χ3v) is 5.82. The minimum absolute atomic E-state index is 0.168. The lowest BCUT2D eigenvalue weighted by Gasteiger charge is -2.27. The lowest BCUT2D eigenvalue weighted by atomic mass is 9.98. The van der Waals surface area contributed by atoms with Gasteiger partial charge in [0, 0.05) is 18.2 Å². The summed E-state index contributed by atoms with van der Waals surface area (Å²) in [6.45, 7) is 4.23. The molecule has 0 aliphatic carbocycles. The molecule has 140 valence electrons. The van der Waals surface area contributed by atoms with E-state index in [0.717, 1.165) is 32.6 Å². The Balaban J connectivity index is 1.58. The summed E-state index contributed by atoms with van der Waals surface area (Å²) in [5.74, 6) is -0.691. The molecule has 1 amide bonds. The molecule has 1 aliphatic heterocycles. The van der Waals surface area contributed by atoms with E-state index in [1.807, 2.05) is 32.0 Å². The lowest BCUT2D eigenvalue weighted by Crippen LogP contribution is -2.45. The number of aryl methyl sites for hydroxylation is 2. The Bertz CT molecular complexity index is 1010. The number of nitrogens with zero attached hydrogens (tertiary/aromatic N) is 3. The maximum atomic E-state index is 14.7. The number of nitrogens with one attached hydrogen (secondary N) is 1. The van der Waals surface area contributed by atoms with Crippen molar-refractivity contribution in [3.63, 3.8) is 0 Å². The smallest absolute Gasteiger partial charge is 0.266 e. The van der Waals surface area contributed by atoms with Gasteiger partial charge in [-0.3, -0.25) is 10.1 Å². The molecule has 2 aromatic heterocycles. The predicted molar refractivity (Wildman–Crippen MR) is 103 cm³/mol. The van der Waals surface area contributed by atoms with Crippen molar-refractivity contribution in [1.29, 1.82) is 0 Å². The summed E-state index contributed by atoms with van der Waals surface area (Å²) in [5, 5.41) is 12.3. The molecule has 8 heteroatoms. The molecule has 3 aromatic rings. The molecule has 0 radical (unpaired) electrons. The van der Waals surface area contributed by atoms with Crippen LogP contribution in [0.25, 0.3) is 21.3 Å². The zero-order chi connectivity index (χ0) is 19.0. The predicted octanol–water partition coefficient (Wildman–Crippen LogP) is 3.83. The number of carbonyl (C=O) groups excluding carboxylic acids is 1. The van der Waals surface area contributed by atoms with Gasteiger partial charge in [-0.2, -0.15) is 10.2 Å². The molecule has 4 rings (SSSR count). The monoisotopic (exact) mass is 386 g/mol. The average Bonchev–Trinajstić information content (AvgIpc) is 3.14. The number of carbonyl (C=O) groups is 1. The van der Waals surface area contributed by atoms with Gasteiger partial charge in [-0.1, -0.05) is 17.4 Å². The van der Waals surface area contributed by atoms with Crippen molar-refractivity contribution in [2.75, 3.05) is 18.5 Å². The summed E-state index contributed by atoms with van der Waals surface area (Å²) in [6, 6.07) is 5.89. The molecular formula is C19H19FN4O2S. The van der Waals surface area contributed by atoms with Crippen LogP contribution in [0.5, 0.6) is 0 Å². The molecule has 1 N–H and O–H groups in total. The second-order valence-corrected chi connectivity index (χ2v) is 7.78. The summed E-state index contributed by atoms with van der Waals surface area (Å²) < 4.78 is 19.8. The van der Waals surface area contributed by atoms with Crippen LogP contribution < -0.4 is 5.32 Å². The molecular weight excluding hydrogens is 367 g/mol. The maximum absolute atomic E-state index is 14.7. The van der Waals surface area contributed by atoms with Crippen LogP contribution in [0.4, 0.5) is 9.52 Å². The van der Waals surface area contributed by atoms with E-state index >= 15 is 0 Å². The average molecular weight is 386 g/mol. The summed E-state index contributed by atoms with van der Waals surface area (Å²) in [7, 11) is 0. The lowest BCUT2D eigenvalue weighted by molar-refractivity contribution is -0.136.